The van der Waals surface area contributed by atoms with Gasteiger partial charge in [0.15, 0.2) is 0 Å². The van der Waals surface area contributed by atoms with Crippen LogP contribution >= 0.6 is 23.5 Å². The highest BCUT2D eigenvalue weighted by atomic mass is 32.2. The van der Waals surface area contributed by atoms with Gasteiger partial charge in [0.25, 0.3) is 5.69 Å². The number of nitro benzene ring substituents is 1. The number of thioether (sulfide) groups is 2. The van der Waals surface area contributed by atoms with Crippen molar-refractivity contribution in [3.8, 4) is 5.69 Å². The van der Waals surface area contributed by atoms with Crippen molar-refractivity contribution in [2.24, 2.45) is 5.92 Å². The van der Waals surface area contributed by atoms with Gasteiger partial charge in [-0.05, 0) is 18.1 Å². The molecule has 2 aromatic carbocycles. The third kappa shape index (κ3) is 3.76. The van der Waals surface area contributed by atoms with Gasteiger partial charge in [0.2, 0.25) is 0 Å². The molecule has 0 aliphatic carbocycles. The summed E-state index contributed by atoms with van der Waals surface area (Å²) in [5.41, 5.74) is 2.41. The molecular formula is C20H21N3O3S2. The monoisotopic (exact) mass is 415 g/mol. The molecule has 0 bridgehead atoms. The number of aromatic nitrogens is 2. The normalized spacial score (nSPS) is 16.9. The van der Waals surface area contributed by atoms with Crippen molar-refractivity contribution in [2.45, 2.75) is 24.2 Å². The molecule has 3 aromatic rings. The smallest absolute Gasteiger partial charge is 0.272 e. The highest BCUT2D eigenvalue weighted by molar-refractivity contribution is 8.00. The van der Waals surface area contributed by atoms with Crippen molar-refractivity contribution in [3.05, 3.63) is 58.3 Å². The zero-order valence-electron chi connectivity index (χ0n) is 15.7. The lowest BCUT2D eigenvalue weighted by Gasteiger charge is -2.10. The second kappa shape index (κ2) is 8.14. The minimum atomic E-state index is -0.332. The average Bonchev–Trinajstić information content (AvgIpc) is 3.34. The zero-order valence-corrected chi connectivity index (χ0v) is 17.3. The first-order chi connectivity index (χ1) is 13.5. The van der Waals surface area contributed by atoms with E-state index in [2.05, 4.69) is 13.8 Å². The van der Waals surface area contributed by atoms with E-state index in [4.69, 9.17) is 9.84 Å². The van der Waals surface area contributed by atoms with E-state index in [1.54, 1.807) is 40.3 Å². The minimum absolute atomic E-state index is 0.0855. The summed E-state index contributed by atoms with van der Waals surface area (Å²) in [7, 11) is 0. The Morgan fingerprint density at radius 1 is 1.36 bits per heavy atom. The maximum Gasteiger partial charge on any atom is 0.272 e. The Bertz CT molecular complexity index is 999. The van der Waals surface area contributed by atoms with E-state index >= 15 is 0 Å². The van der Waals surface area contributed by atoms with Gasteiger partial charge in [-0.3, -0.25) is 10.1 Å². The van der Waals surface area contributed by atoms with Gasteiger partial charge >= 0.3 is 0 Å². The molecule has 0 radical (unpaired) electrons. The SMILES string of the molecule is CC(C)CSc1cc([N+](=O)[O-])cc2c1c(C1OCCS1)nn2-c1ccccc1. The van der Waals surface area contributed by atoms with Crippen LogP contribution in [0.15, 0.2) is 47.4 Å². The van der Waals surface area contributed by atoms with Crippen molar-refractivity contribution in [1.82, 2.24) is 9.78 Å². The predicted octanol–water partition coefficient (Wildman–Crippen LogP) is 5.44. The van der Waals surface area contributed by atoms with Gasteiger partial charge in [-0.15, -0.1) is 23.5 Å². The molecule has 1 atom stereocenters. The van der Waals surface area contributed by atoms with Crippen molar-refractivity contribution in [2.75, 3.05) is 18.1 Å². The molecule has 0 N–H and O–H groups in total. The average molecular weight is 416 g/mol. The molecular weight excluding hydrogens is 394 g/mol. The lowest BCUT2D eigenvalue weighted by molar-refractivity contribution is -0.384. The summed E-state index contributed by atoms with van der Waals surface area (Å²) >= 11 is 3.37. The predicted molar refractivity (Wildman–Crippen MR) is 114 cm³/mol. The number of nitro groups is 1. The van der Waals surface area contributed by atoms with Crippen LogP contribution in [-0.2, 0) is 4.74 Å². The van der Waals surface area contributed by atoms with E-state index in [0.717, 1.165) is 38.7 Å². The molecule has 0 saturated carbocycles. The molecule has 1 fully saturated rings. The third-order valence-corrected chi connectivity index (χ3v) is 6.92. The number of benzene rings is 2. The van der Waals surface area contributed by atoms with E-state index in [-0.39, 0.29) is 16.0 Å². The van der Waals surface area contributed by atoms with Crippen LogP contribution in [0, 0.1) is 16.0 Å². The van der Waals surface area contributed by atoms with Gasteiger partial charge < -0.3 is 4.74 Å². The van der Waals surface area contributed by atoms with E-state index < -0.39 is 0 Å². The van der Waals surface area contributed by atoms with Crippen LogP contribution in [0.5, 0.6) is 0 Å². The van der Waals surface area contributed by atoms with Crippen molar-refractivity contribution < 1.29 is 9.66 Å². The Morgan fingerprint density at radius 3 is 2.79 bits per heavy atom. The minimum Gasteiger partial charge on any atom is -0.360 e. The Kier molecular flexibility index (Phi) is 5.61. The van der Waals surface area contributed by atoms with Crippen LogP contribution in [0.3, 0.4) is 0 Å². The number of rotatable bonds is 6. The molecule has 0 amide bonds. The van der Waals surface area contributed by atoms with Gasteiger partial charge in [-0.25, -0.2) is 4.68 Å². The summed E-state index contributed by atoms with van der Waals surface area (Å²) < 4.78 is 7.70. The summed E-state index contributed by atoms with van der Waals surface area (Å²) in [5, 5.41) is 17.4. The van der Waals surface area contributed by atoms with Crippen LogP contribution in [0.1, 0.15) is 25.0 Å². The molecule has 1 aliphatic rings. The Balaban J connectivity index is 1.97. The molecule has 146 valence electrons. The van der Waals surface area contributed by atoms with E-state index in [9.17, 15) is 10.1 Å². The first kappa shape index (κ1) is 19.3. The van der Waals surface area contributed by atoms with Crippen LogP contribution in [0.25, 0.3) is 16.6 Å². The summed E-state index contributed by atoms with van der Waals surface area (Å²) in [6.45, 7) is 4.98. The van der Waals surface area contributed by atoms with Gasteiger partial charge in [0.1, 0.15) is 11.1 Å². The fourth-order valence-corrected chi connectivity index (χ4v) is 5.14. The number of nitrogens with zero attached hydrogens (tertiary/aromatic N) is 3. The van der Waals surface area contributed by atoms with Crippen molar-refractivity contribution >= 4 is 40.1 Å². The molecule has 1 aliphatic heterocycles. The quantitative estimate of drug-likeness (QED) is 0.303. The van der Waals surface area contributed by atoms with Crippen LogP contribution in [0.4, 0.5) is 5.69 Å². The van der Waals surface area contributed by atoms with Gasteiger partial charge in [-0.2, -0.15) is 5.10 Å². The number of hydrogen-bond donors (Lipinski definition) is 0. The standard InChI is InChI=1S/C20H21N3O3S2/c1-13(2)12-28-17-11-15(23(24)25)10-16-18(17)19(20-26-8-9-27-20)21-22(16)14-6-4-3-5-7-14/h3-7,10-11,13,20H,8-9,12H2,1-2H3. The topological polar surface area (TPSA) is 70.2 Å². The van der Waals surface area contributed by atoms with Gasteiger partial charge in [0, 0.05) is 33.9 Å². The first-order valence-corrected chi connectivity index (χ1v) is 11.2. The highest BCUT2D eigenvalue weighted by Crippen LogP contribution is 2.43. The van der Waals surface area contributed by atoms with Crippen LogP contribution in [-0.4, -0.2) is 32.8 Å². The van der Waals surface area contributed by atoms with Crippen LogP contribution in [0.2, 0.25) is 0 Å². The summed E-state index contributed by atoms with van der Waals surface area (Å²) in [6, 6.07) is 13.0. The fraction of sp³-hybridized carbons (Fsp3) is 0.350. The Morgan fingerprint density at radius 2 is 2.14 bits per heavy atom. The number of hydrogen-bond acceptors (Lipinski definition) is 6. The van der Waals surface area contributed by atoms with Gasteiger partial charge in [-0.1, -0.05) is 32.0 Å². The summed E-state index contributed by atoms with van der Waals surface area (Å²) in [4.78, 5) is 12.1. The molecule has 1 saturated heterocycles. The largest absolute Gasteiger partial charge is 0.360 e. The molecule has 6 nitrogen and oxygen atoms in total. The second-order valence-corrected chi connectivity index (χ2v) is 9.24. The van der Waals surface area contributed by atoms with Crippen LogP contribution < -0.4 is 0 Å². The molecule has 2 heterocycles. The van der Waals surface area contributed by atoms with E-state index in [1.165, 1.54) is 0 Å². The van der Waals surface area contributed by atoms with Crippen molar-refractivity contribution in [3.63, 3.8) is 0 Å². The number of fused-ring (bicyclic) bond motifs is 1. The van der Waals surface area contributed by atoms with E-state index in [0.29, 0.717) is 12.5 Å². The Labute approximate surface area is 171 Å². The number of non-ortho nitro benzene ring substituents is 1. The second-order valence-electron chi connectivity index (χ2n) is 7.01. The van der Waals surface area contributed by atoms with E-state index in [1.807, 2.05) is 30.3 Å². The Hall–Kier alpha value is -2.03. The maximum absolute atomic E-state index is 11.6. The first-order valence-electron chi connectivity index (χ1n) is 9.17. The lowest BCUT2D eigenvalue weighted by atomic mass is 10.2. The molecule has 1 aromatic heterocycles. The highest BCUT2D eigenvalue weighted by Gasteiger charge is 2.28. The fourth-order valence-electron chi connectivity index (χ4n) is 3.15. The third-order valence-electron chi connectivity index (χ3n) is 4.39. The zero-order chi connectivity index (χ0) is 19.7. The van der Waals surface area contributed by atoms with Gasteiger partial charge in [0.05, 0.1) is 22.7 Å². The number of ether oxygens (including phenoxy) is 1. The maximum atomic E-state index is 11.6. The molecule has 28 heavy (non-hydrogen) atoms. The number of para-hydroxylation sites is 1. The molecule has 1 unspecified atom stereocenters. The molecule has 0 spiro atoms. The summed E-state index contributed by atoms with van der Waals surface area (Å²) in [5.74, 6) is 2.28. The lowest BCUT2D eigenvalue weighted by Crippen LogP contribution is -1.99. The molecule has 4 rings (SSSR count). The van der Waals surface area contributed by atoms with Crippen molar-refractivity contribution in [1.29, 1.82) is 0 Å². The summed E-state index contributed by atoms with van der Waals surface area (Å²) in [6.07, 6.45) is 0. The molecule has 8 heteroatoms.